The third-order valence-electron chi connectivity index (χ3n) is 3.34. The Balaban J connectivity index is 1.99. The average molecular weight is 269 g/mol. The van der Waals surface area contributed by atoms with E-state index in [1.807, 2.05) is 12.1 Å². The number of hydrogen-bond donors (Lipinski definition) is 1. The molecule has 3 nitrogen and oxygen atoms in total. The van der Waals surface area contributed by atoms with Gasteiger partial charge in [0.25, 0.3) is 0 Å². The van der Waals surface area contributed by atoms with Crippen LogP contribution >= 0.6 is 11.6 Å². The zero-order valence-corrected chi connectivity index (χ0v) is 12.0. The van der Waals surface area contributed by atoms with Crippen LogP contribution in [0.3, 0.4) is 0 Å². The molecule has 0 saturated heterocycles. The summed E-state index contributed by atoms with van der Waals surface area (Å²) in [5, 5.41) is 4.18. The van der Waals surface area contributed by atoms with Gasteiger partial charge in [-0.25, -0.2) is 0 Å². The lowest BCUT2D eigenvalue weighted by molar-refractivity contribution is 0.414. The van der Waals surface area contributed by atoms with E-state index in [-0.39, 0.29) is 0 Å². The first-order chi connectivity index (χ1) is 8.61. The summed E-state index contributed by atoms with van der Waals surface area (Å²) in [6.45, 7) is 4.09. The van der Waals surface area contributed by atoms with E-state index in [1.54, 1.807) is 7.11 Å². The van der Waals surface area contributed by atoms with Crippen LogP contribution in [-0.4, -0.2) is 33.3 Å². The molecule has 0 heterocycles. The maximum absolute atomic E-state index is 6.17. The normalized spacial score (nSPS) is 14.7. The predicted molar refractivity (Wildman–Crippen MR) is 77.0 cm³/mol. The number of ether oxygens (including phenoxy) is 1. The summed E-state index contributed by atoms with van der Waals surface area (Å²) < 4.78 is 5.22. The van der Waals surface area contributed by atoms with E-state index >= 15 is 0 Å². The number of nitrogens with zero attached hydrogens (tertiary/aromatic N) is 1. The molecule has 1 aromatic carbocycles. The number of anilines is 1. The van der Waals surface area contributed by atoms with Gasteiger partial charge in [-0.3, -0.25) is 0 Å². The van der Waals surface area contributed by atoms with Gasteiger partial charge in [0.05, 0.1) is 12.1 Å². The smallest absolute Gasteiger partial charge is 0.137 e. The molecule has 4 heteroatoms. The molecule has 1 aliphatic rings. The van der Waals surface area contributed by atoms with Crippen LogP contribution < -0.4 is 15.0 Å². The lowest BCUT2D eigenvalue weighted by Crippen LogP contribution is -2.30. The molecule has 1 aliphatic carbocycles. The predicted octanol–water partition coefficient (Wildman–Crippen LogP) is 2.85. The van der Waals surface area contributed by atoms with Gasteiger partial charge < -0.3 is 15.0 Å². The minimum absolute atomic E-state index is 0.667. The molecule has 100 valence electrons. The first-order valence-corrected chi connectivity index (χ1v) is 6.78. The van der Waals surface area contributed by atoms with E-state index < -0.39 is 0 Å². The molecule has 2 rings (SSSR count). The highest BCUT2D eigenvalue weighted by atomic mass is 35.5. The molecule has 0 radical (unpaired) electrons. The molecule has 0 aliphatic heterocycles. The van der Waals surface area contributed by atoms with Crippen molar-refractivity contribution in [2.75, 3.05) is 32.1 Å². The van der Waals surface area contributed by atoms with E-state index in [1.165, 1.54) is 24.1 Å². The van der Waals surface area contributed by atoms with E-state index in [9.17, 15) is 0 Å². The molecule has 0 unspecified atom stereocenters. The van der Waals surface area contributed by atoms with Gasteiger partial charge in [0, 0.05) is 31.9 Å². The Bertz CT molecular complexity index is 419. The Labute approximate surface area is 114 Å². The van der Waals surface area contributed by atoms with E-state index in [0.29, 0.717) is 5.02 Å². The summed E-state index contributed by atoms with van der Waals surface area (Å²) in [6, 6.07) is 4.73. The van der Waals surface area contributed by atoms with Gasteiger partial charge in [-0.1, -0.05) is 11.6 Å². The second-order valence-electron chi connectivity index (χ2n) is 4.92. The number of nitrogens with one attached hydrogen (secondary N) is 1. The Morgan fingerprint density at radius 1 is 1.44 bits per heavy atom. The van der Waals surface area contributed by atoms with Crippen molar-refractivity contribution in [1.29, 1.82) is 0 Å². The molecule has 0 spiro atoms. The summed E-state index contributed by atoms with van der Waals surface area (Å²) in [7, 11) is 3.74. The van der Waals surface area contributed by atoms with Crippen molar-refractivity contribution in [3.63, 3.8) is 0 Å². The van der Waals surface area contributed by atoms with E-state index in [4.69, 9.17) is 16.3 Å². The van der Waals surface area contributed by atoms with Gasteiger partial charge in [0.1, 0.15) is 5.75 Å². The molecule has 0 aromatic heterocycles. The minimum atomic E-state index is 0.667. The summed E-state index contributed by atoms with van der Waals surface area (Å²) in [4.78, 5) is 2.23. The summed E-state index contributed by atoms with van der Waals surface area (Å²) in [5.41, 5.74) is 2.35. The van der Waals surface area contributed by atoms with Crippen LogP contribution in [0.25, 0.3) is 0 Å². The lowest BCUT2D eigenvalue weighted by atomic mass is 10.1. The summed E-state index contributed by atoms with van der Waals surface area (Å²) >= 11 is 6.17. The van der Waals surface area contributed by atoms with Crippen molar-refractivity contribution in [1.82, 2.24) is 5.32 Å². The highest BCUT2D eigenvalue weighted by Crippen LogP contribution is 2.32. The fourth-order valence-corrected chi connectivity index (χ4v) is 2.29. The van der Waals surface area contributed by atoms with Crippen LogP contribution in [0, 0.1) is 6.92 Å². The standard InChI is InChI=1S/C14H21ClN2O/c1-10-8-14(18-3)12(15)9-13(10)17(2)7-6-16-11-4-5-11/h8-9,11,16H,4-7H2,1-3H3. The summed E-state index contributed by atoms with van der Waals surface area (Å²) in [5.74, 6) is 0.738. The fourth-order valence-electron chi connectivity index (χ4n) is 2.06. The molecule has 0 bridgehead atoms. The topological polar surface area (TPSA) is 24.5 Å². The van der Waals surface area contributed by atoms with Gasteiger partial charge in [0.15, 0.2) is 0 Å². The maximum atomic E-state index is 6.17. The Kier molecular flexibility index (Phi) is 4.36. The first kappa shape index (κ1) is 13.5. The molecule has 0 atom stereocenters. The molecule has 0 amide bonds. The molecular formula is C14H21ClN2O. The number of rotatable bonds is 6. The van der Waals surface area contributed by atoms with Crippen molar-refractivity contribution in [2.45, 2.75) is 25.8 Å². The van der Waals surface area contributed by atoms with Crippen molar-refractivity contribution >= 4 is 17.3 Å². The van der Waals surface area contributed by atoms with Crippen LogP contribution in [0.15, 0.2) is 12.1 Å². The van der Waals surface area contributed by atoms with Gasteiger partial charge in [-0.05, 0) is 37.5 Å². The number of hydrogen-bond acceptors (Lipinski definition) is 3. The first-order valence-electron chi connectivity index (χ1n) is 6.40. The van der Waals surface area contributed by atoms with Gasteiger partial charge in [-0.15, -0.1) is 0 Å². The van der Waals surface area contributed by atoms with Crippen LogP contribution in [0.4, 0.5) is 5.69 Å². The fraction of sp³-hybridized carbons (Fsp3) is 0.571. The van der Waals surface area contributed by atoms with E-state index in [0.717, 1.165) is 24.9 Å². The van der Waals surface area contributed by atoms with Gasteiger partial charge in [-0.2, -0.15) is 0 Å². The highest BCUT2D eigenvalue weighted by molar-refractivity contribution is 6.32. The van der Waals surface area contributed by atoms with Crippen LogP contribution in [-0.2, 0) is 0 Å². The Morgan fingerprint density at radius 2 is 2.17 bits per heavy atom. The zero-order valence-electron chi connectivity index (χ0n) is 11.3. The second kappa shape index (κ2) is 5.81. The van der Waals surface area contributed by atoms with Gasteiger partial charge in [0.2, 0.25) is 0 Å². The van der Waals surface area contributed by atoms with Crippen molar-refractivity contribution in [3.8, 4) is 5.75 Å². The van der Waals surface area contributed by atoms with E-state index in [2.05, 4.69) is 24.2 Å². The molecule has 1 aromatic rings. The van der Waals surface area contributed by atoms with Crippen molar-refractivity contribution in [2.24, 2.45) is 0 Å². The molecular weight excluding hydrogens is 248 g/mol. The third kappa shape index (κ3) is 3.30. The molecule has 1 fully saturated rings. The third-order valence-corrected chi connectivity index (χ3v) is 3.63. The zero-order chi connectivity index (χ0) is 13.1. The number of benzene rings is 1. The lowest BCUT2D eigenvalue weighted by Gasteiger charge is -2.22. The van der Waals surface area contributed by atoms with Crippen LogP contribution in [0.1, 0.15) is 18.4 Å². The molecule has 1 N–H and O–H groups in total. The number of likely N-dealkylation sites (N-methyl/N-ethyl adjacent to an activating group) is 1. The number of methoxy groups -OCH3 is 1. The summed E-state index contributed by atoms with van der Waals surface area (Å²) in [6.07, 6.45) is 2.66. The van der Waals surface area contributed by atoms with Crippen LogP contribution in [0.2, 0.25) is 5.02 Å². The SMILES string of the molecule is COc1cc(C)c(N(C)CCNC2CC2)cc1Cl. The maximum Gasteiger partial charge on any atom is 0.137 e. The van der Waals surface area contributed by atoms with Crippen molar-refractivity contribution < 1.29 is 4.74 Å². The number of halogens is 1. The Hall–Kier alpha value is -0.930. The van der Waals surface area contributed by atoms with Gasteiger partial charge >= 0.3 is 0 Å². The average Bonchev–Trinajstić information content (AvgIpc) is 3.15. The van der Waals surface area contributed by atoms with Crippen molar-refractivity contribution in [3.05, 3.63) is 22.7 Å². The minimum Gasteiger partial charge on any atom is -0.495 e. The molecule has 1 saturated carbocycles. The molecule has 18 heavy (non-hydrogen) atoms. The highest BCUT2D eigenvalue weighted by Gasteiger charge is 2.20. The van der Waals surface area contributed by atoms with Crippen LogP contribution in [0.5, 0.6) is 5.75 Å². The quantitative estimate of drug-likeness (QED) is 0.859. The Morgan fingerprint density at radius 3 is 2.78 bits per heavy atom. The second-order valence-corrected chi connectivity index (χ2v) is 5.33. The number of aryl methyl sites for hydroxylation is 1. The largest absolute Gasteiger partial charge is 0.495 e. The monoisotopic (exact) mass is 268 g/mol.